The monoisotopic (exact) mass is 282 g/mol. The Morgan fingerprint density at radius 2 is 1.86 bits per heavy atom. The molecular formula is C15H14N4O2. The third-order valence-corrected chi connectivity index (χ3v) is 3.32. The summed E-state index contributed by atoms with van der Waals surface area (Å²) in [5.41, 5.74) is 9.45. The predicted octanol–water partition coefficient (Wildman–Crippen LogP) is 2.00. The van der Waals surface area contributed by atoms with Crippen molar-refractivity contribution in [2.24, 2.45) is 0 Å². The van der Waals surface area contributed by atoms with Gasteiger partial charge >= 0.3 is 5.69 Å². The second-order valence-electron chi connectivity index (χ2n) is 4.86. The highest BCUT2D eigenvalue weighted by atomic mass is 16.2. The number of aromatic amines is 2. The van der Waals surface area contributed by atoms with Crippen LogP contribution in [0.1, 0.15) is 15.9 Å². The summed E-state index contributed by atoms with van der Waals surface area (Å²) in [5, 5.41) is 2.78. The maximum absolute atomic E-state index is 12.2. The van der Waals surface area contributed by atoms with E-state index in [9.17, 15) is 9.59 Å². The van der Waals surface area contributed by atoms with Crippen molar-refractivity contribution in [3.63, 3.8) is 0 Å². The molecule has 0 unspecified atom stereocenters. The van der Waals surface area contributed by atoms with Crippen molar-refractivity contribution in [3.05, 3.63) is 58.0 Å². The molecule has 0 bridgehead atoms. The molecule has 6 heteroatoms. The SMILES string of the molecule is Cc1ccc(C(=O)Nc2ccc3[nH]c(=O)[nH]c3c2)cc1N. The van der Waals surface area contributed by atoms with E-state index in [1.54, 1.807) is 36.4 Å². The van der Waals surface area contributed by atoms with Crippen LogP contribution in [0.5, 0.6) is 0 Å². The van der Waals surface area contributed by atoms with Gasteiger partial charge in [0.25, 0.3) is 5.91 Å². The van der Waals surface area contributed by atoms with Gasteiger partial charge in [-0.1, -0.05) is 6.07 Å². The molecule has 6 nitrogen and oxygen atoms in total. The van der Waals surface area contributed by atoms with Gasteiger partial charge in [-0.2, -0.15) is 0 Å². The highest BCUT2D eigenvalue weighted by molar-refractivity contribution is 6.05. The number of rotatable bonds is 2. The van der Waals surface area contributed by atoms with E-state index in [0.29, 0.717) is 28.0 Å². The summed E-state index contributed by atoms with van der Waals surface area (Å²) in [4.78, 5) is 28.7. The smallest absolute Gasteiger partial charge is 0.323 e. The maximum atomic E-state index is 12.2. The minimum atomic E-state index is -0.278. The molecule has 106 valence electrons. The average Bonchev–Trinajstić information content (AvgIpc) is 2.81. The Labute approximate surface area is 120 Å². The van der Waals surface area contributed by atoms with E-state index in [1.807, 2.05) is 6.92 Å². The number of nitrogen functional groups attached to an aromatic ring is 1. The van der Waals surface area contributed by atoms with Gasteiger partial charge in [-0.05, 0) is 42.8 Å². The maximum Gasteiger partial charge on any atom is 0.323 e. The number of H-pyrrole nitrogens is 2. The number of carbonyl (C=O) groups is 1. The Morgan fingerprint density at radius 3 is 2.62 bits per heavy atom. The molecule has 0 radical (unpaired) electrons. The number of aromatic nitrogens is 2. The molecule has 1 aromatic heterocycles. The molecule has 3 rings (SSSR count). The Hall–Kier alpha value is -3.02. The fourth-order valence-corrected chi connectivity index (χ4v) is 2.10. The topological polar surface area (TPSA) is 104 Å². The first-order valence-electron chi connectivity index (χ1n) is 6.42. The first-order valence-corrected chi connectivity index (χ1v) is 6.42. The Kier molecular flexibility index (Phi) is 2.98. The van der Waals surface area contributed by atoms with Crippen LogP contribution in [0.4, 0.5) is 11.4 Å². The quantitative estimate of drug-likeness (QED) is 0.540. The molecule has 0 fully saturated rings. The van der Waals surface area contributed by atoms with Gasteiger partial charge in [-0.15, -0.1) is 0 Å². The first kappa shape index (κ1) is 13.0. The third-order valence-electron chi connectivity index (χ3n) is 3.32. The van der Waals surface area contributed by atoms with Crippen molar-refractivity contribution in [1.82, 2.24) is 9.97 Å². The van der Waals surface area contributed by atoms with Gasteiger partial charge in [0.1, 0.15) is 0 Å². The number of nitrogens with one attached hydrogen (secondary N) is 3. The van der Waals surface area contributed by atoms with Crippen molar-refractivity contribution in [1.29, 1.82) is 0 Å². The molecule has 0 aliphatic rings. The van der Waals surface area contributed by atoms with Gasteiger partial charge in [0.05, 0.1) is 11.0 Å². The minimum Gasteiger partial charge on any atom is -0.398 e. The largest absolute Gasteiger partial charge is 0.398 e. The molecule has 21 heavy (non-hydrogen) atoms. The van der Waals surface area contributed by atoms with Crippen molar-refractivity contribution < 1.29 is 4.79 Å². The molecule has 5 N–H and O–H groups in total. The van der Waals surface area contributed by atoms with E-state index in [2.05, 4.69) is 15.3 Å². The number of anilines is 2. The standard InChI is InChI=1S/C15H14N4O2/c1-8-2-3-9(6-11(8)16)14(20)17-10-4-5-12-13(7-10)19-15(21)18-12/h2-7H,16H2,1H3,(H,17,20)(H2,18,19,21). The number of benzene rings is 2. The predicted molar refractivity (Wildman–Crippen MR) is 82.5 cm³/mol. The van der Waals surface area contributed by atoms with Crippen LogP contribution >= 0.6 is 0 Å². The van der Waals surface area contributed by atoms with Crippen LogP contribution in [0.3, 0.4) is 0 Å². The Bertz CT molecular complexity index is 892. The number of nitrogens with two attached hydrogens (primary N) is 1. The zero-order valence-corrected chi connectivity index (χ0v) is 11.4. The van der Waals surface area contributed by atoms with E-state index >= 15 is 0 Å². The number of imidazole rings is 1. The molecule has 0 saturated carbocycles. The fraction of sp³-hybridized carbons (Fsp3) is 0.0667. The molecule has 0 atom stereocenters. The zero-order valence-electron chi connectivity index (χ0n) is 11.4. The number of carbonyl (C=O) groups excluding carboxylic acids is 1. The van der Waals surface area contributed by atoms with Crippen molar-refractivity contribution in [3.8, 4) is 0 Å². The van der Waals surface area contributed by atoms with Gasteiger partial charge in [0.2, 0.25) is 0 Å². The molecule has 1 heterocycles. The molecule has 0 saturated heterocycles. The molecule has 2 aromatic carbocycles. The summed E-state index contributed by atoms with van der Waals surface area (Å²) in [6.07, 6.45) is 0. The van der Waals surface area contributed by atoms with Crippen molar-refractivity contribution >= 4 is 28.3 Å². The second kappa shape index (κ2) is 4.82. The summed E-state index contributed by atoms with van der Waals surface area (Å²) in [5.74, 6) is -0.251. The van der Waals surface area contributed by atoms with Gasteiger partial charge < -0.3 is 21.0 Å². The van der Waals surface area contributed by atoms with E-state index in [0.717, 1.165) is 5.56 Å². The lowest BCUT2D eigenvalue weighted by Gasteiger charge is -2.07. The van der Waals surface area contributed by atoms with E-state index in [4.69, 9.17) is 5.73 Å². The summed E-state index contributed by atoms with van der Waals surface area (Å²) in [6.45, 7) is 1.88. The van der Waals surface area contributed by atoms with Gasteiger partial charge in [-0.25, -0.2) is 4.79 Å². The molecule has 1 amide bonds. The Morgan fingerprint density at radius 1 is 1.10 bits per heavy atom. The molecule has 0 spiro atoms. The van der Waals surface area contributed by atoms with Crippen LogP contribution in [-0.4, -0.2) is 15.9 Å². The number of fused-ring (bicyclic) bond motifs is 1. The lowest BCUT2D eigenvalue weighted by molar-refractivity contribution is 0.102. The van der Waals surface area contributed by atoms with E-state index < -0.39 is 0 Å². The molecule has 0 aliphatic heterocycles. The van der Waals surface area contributed by atoms with Crippen LogP contribution in [0.25, 0.3) is 11.0 Å². The molecule has 3 aromatic rings. The van der Waals surface area contributed by atoms with Crippen LogP contribution in [0, 0.1) is 6.92 Å². The van der Waals surface area contributed by atoms with Crippen LogP contribution in [0.15, 0.2) is 41.2 Å². The summed E-state index contributed by atoms with van der Waals surface area (Å²) < 4.78 is 0. The van der Waals surface area contributed by atoms with Crippen LogP contribution < -0.4 is 16.7 Å². The van der Waals surface area contributed by atoms with Gasteiger partial charge in [0.15, 0.2) is 0 Å². The van der Waals surface area contributed by atoms with Crippen LogP contribution in [-0.2, 0) is 0 Å². The lowest BCUT2D eigenvalue weighted by Crippen LogP contribution is -2.12. The number of aryl methyl sites for hydroxylation is 1. The average molecular weight is 282 g/mol. The highest BCUT2D eigenvalue weighted by Gasteiger charge is 2.08. The second-order valence-corrected chi connectivity index (χ2v) is 4.86. The summed E-state index contributed by atoms with van der Waals surface area (Å²) in [7, 11) is 0. The third kappa shape index (κ3) is 2.51. The fourth-order valence-electron chi connectivity index (χ4n) is 2.10. The molecule has 0 aliphatic carbocycles. The van der Waals surface area contributed by atoms with Gasteiger partial charge in [0, 0.05) is 16.9 Å². The molecular weight excluding hydrogens is 268 g/mol. The Balaban J connectivity index is 1.88. The lowest BCUT2D eigenvalue weighted by atomic mass is 10.1. The van der Waals surface area contributed by atoms with Crippen molar-refractivity contribution in [2.75, 3.05) is 11.1 Å². The zero-order chi connectivity index (χ0) is 15.0. The van der Waals surface area contributed by atoms with Crippen LogP contribution in [0.2, 0.25) is 0 Å². The van der Waals surface area contributed by atoms with E-state index in [-0.39, 0.29) is 11.6 Å². The highest BCUT2D eigenvalue weighted by Crippen LogP contribution is 2.17. The number of amides is 1. The normalized spacial score (nSPS) is 10.7. The van der Waals surface area contributed by atoms with Gasteiger partial charge in [-0.3, -0.25) is 4.79 Å². The van der Waals surface area contributed by atoms with E-state index in [1.165, 1.54) is 0 Å². The summed E-state index contributed by atoms with van der Waals surface area (Å²) in [6, 6.07) is 10.3. The number of hydrogen-bond donors (Lipinski definition) is 4. The number of hydrogen-bond acceptors (Lipinski definition) is 3. The first-order chi connectivity index (χ1) is 10.0. The minimum absolute atomic E-state index is 0.251. The van der Waals surface area contributed by atoms with Crippen molar-refractivity contribution in [2.45, 2.75) is 6.92 Å². The summed E-state index contributed by atoms with van der Waals surface area (Å²) >= 11 is 0.